The van der Waals surface area contributed by atoms with Crippen molar-refractivity contribution in [1.29, 1.82) is 0 Å². The minimum absolute atomic E-state index is 0.0170. The van der Waals surface area contributed by atoms with Gasteiger partial charge in [0.05, 0.1) is 6.61 Å². The van der Waals surface area contributed by atoms with Gasteiger partial charge in [0, 0.05) is 39.7 Å². The van der Waals surface area contributed by atoms with Gasteiger partial charge in [-0.15, -0.1) is 0 Å². The molecule has 1 aromatic carbocycles. The van der Waals surface area contributed by atoms with Crippen molar-refractivity contribution in [3.05, 3.63) is 29.3 Å². The predicted octanol–water partition coefficient (Wildman–Crippen LogP) is 1.78. The van der Waals surface area contributed by atoms with Crippen LogP contribution in [0.15, 0.2) is 18.2 Å². The smallest absolute Gasteiger partial charge is 0.248 e. The van der Waals surface area contributed by atoms with E-state index < -0.39 is 0 Å². The lowest BCUT2D eigenvalue weighted by Crippen LogP contribution is -2.51. The highest BCUT2D eigenvalue weighted by Crippen LogP contribution is 2.22. The first-order valence-corrected chi connectivity index (χ1v) is 8.76. The van der Waals surface area contributed by atoms with Crippen LogP contribution in [0.4, 0.5) is 0 Å². The summed E-state index contributed by atoms with van der Waals surface area (Å²) in [5, 5.41) is 0. The van der Waals surface area contributed by atoms with Crippen molar-refractivity contribution >= 4 is 11.8 Å². The number of methoxy groups -OCH3 is 1. The van der Waals surface area contributed by atoms with E-state index in [1.165, 1.54) is 7.11 Å². The van der Waals surface area contributed by atoms with E-state index in [9.17, 15) is 9.59 Å². The van der Waals surface area contributed by atoms with E-state index in [4.69, 9.17) is 9.47 Å². The van der Waals surface area contributed by atoms with Gasteiger partial charge >= 0.3 is 0 Å². The van der Waals surface area contributed by atoms with Crippen LogP contribution in [0, 0.1) is 13.8 Å². The van der Waals surface area contributed by atoms with Gasteiger partial charge in [0.1, 0.15) is 12.4 Å². The van der Waals surface area contributed by atoms with Crippen molar-refractivity contribution in [3.8, 4) is 5.75 Å². The highest BCUT2D eigenvalue weighted by Gasteiger charge is 2.23. The second-order valence-electron chi connectivity index (χ2n) is 6.37. The number of carbonyl (C=O) groups is 2. The Labute approximate surface area is 149 Å². The van der Waals surface area contributed by atoms with Gasteiger partial charge in [-0.3, -0.25) is 9.59 Å². The molecule has 6 heteroatoms. The number of ether oxygens (including phenoxy) is 2. The maximum atomic E-state index is 12.3. The average Bonchev–Trinajstić information content (AvgIpc) is 2.61. The number of amides is 2. The number of nitrogens with zero attached hydrogens (tertiary/aromatic N) is 2. The fourth-order valence-electron chi connectivity index (χ4n) is 3.00. The van der Waals surface area contributed by atoms with Crippen LogP contribution < -0.4 is 4.74 Å². The molecule has 2 rings (SSSR count). The van der Waals surface area contributed by atoms with Crippen LogP contribution in [-0.4, -0.2) is 68.1 Å². The molecule has 0 unspecified atom stereocenters. The number of hydrogen-bond acceptors (Lipinski definition) is 4. The van der Waals surface area contributed by atoms with Gasteiger partial charge in [-0.05, 0) is 31.4 Å². The molecule has 0 atom stereocenters. The molecule has 1 aliphatic heterocycles. The van der Waals surface area contributed by atoms with Crippen molar-refractivity contribution in [2.24, 2.45) is 0 Å². The van der Waals surface area contributed by atoms with E-state index in [-0.39, 0.29) is 18.4 Å². The summed E-state index contributed by atoms with van der Waals surface area (Å²) in [6.45, 7) is 7.01. The molecule has 0 saturated carbocycles. The molecule has 6 nitrogen and oxygen atoms in total. The zero-order valence-corrected chi connectivity index (χ0v) is 15.4. The Kier molecular flexibility index (Phi) is 7.25. The predicted molar refractivity (Wildman–Crippen MR) is 95.7 cm³/mol. The molecule has 1 heterocycles. The molecule has 0 aromatic heterocycles. The lowest BCUT2D eigenvalue weighted by Gasteiger charge is -2.34. The second-order valence-corrected chi connectivity index (χ2v) is 6.37. The fraction of sp³-hybridized carbons (Fsp3) is 0.579. The Morgan fingerprint density at radius 1 is 1.00 bits per heavy atom. The third kappa shape index (κ3) is 5.46. The highest BCUT2D eigenvalue weighted by atomic mass is 16.5. The molecule has 0 bridgehead atoms. The summed E-state index contributed by atoms with van der Waals surface area (Å²) in [6.07, 6.45) is 1.16. The van der Waals surface area contributed by atoms with Gasteiger partial charge in [0.2, 0.25) is 11.8 Å². The standard InChI is InChI=1S/C19H28N2O4/c1-15-6-4-7-16(2)19(15)25-13-5-8-17(22)20-9-11-21(12-10-20)18(23)14-24-3/h4,6-7H,5,8-14H2,1-3H3. The van der Waals surface area contributed by atoms with Crippen LogP contribution in [0.1, 0.15) is 24.0 Å². The molecular formula is C19H28N2O4. The molecule has 1 aliphatic rings. The SMILES string of the molecule is COCC(=O)N1CCN(C(=O)CCCOc2c(C)cccc2C)CC1. The Bertz CT molecular complexity index is 575. The van der Waals surface area contributed by atoms with Crippen LogP contribution in [0.25, 0.3) is 0 Å². The summed E-state index contributed by atoms with van der Waals surface area (Å²) in [7, 11) is 1.51. The number of benzene rings is 1. The molecule has 25 heavy (non-hydrogen) atoms. The molecule has 2 amide bonds. The Morgan fingerprint density at radius 3 is 2.12 bits per heavy atom. The summed E-state index contributed by atoms with van der Waals surface area (Å²) in [5.74, 6) is 1.03. The van der Waals surface area contributed by atoms with Crippen LogP contribution in [-0.2, 0) is 14.3 Å². The van der Waals surface area contributed by atoms with Crippen molar-refractivity contribution in [2.45, 2.75) is 26.7 Å². The second kappa shape index (κ2) is 9.42. The Hall–Kier alpha value is -2.08. The summed E-state index contributed by atoms with van der Waals surface area (Å²) in [6, 6.07) is 6.06. The summed E-state index contributed by atoms with van der Waals surface area (Å²) >= 11 is 0. The zero-order valence-electron chi connectivity index (χ0n) is 15.4. The summed E-state index contributed by atoms with van der Waals surface area (Å²) in [5.41, 5.74) is 2.23. The van der Waals surface area contributed by atoms with Gasteiger partial charge < -0.3 is 19.3 Å². The largest absolute Gasteiger partial charge is 0.493 e. The van der Waals surface area contributed by atoms with Crippen molar-refractivity contribution in [3.63, 3.8) is 0 Å². The fourth-order valence-corrected chi connectivity index (χ4v) is 3.00. The van der Waals surface area contributed by atoms with E-state index in [0.29, 0.717) is 45.6 Å². The Balaban J connectivity index is 1.69. The number of hydrogen-bond donors (Lipinski definition) is 0. The van der Waals surface area contributed by atoms with Gasteiger partial charge in [0.25, 0.3) is 0 Å². The molecule has 0 spiro atoms. The molecular weight excluding hydrogens is 320 g/mol. The van der Waals surface area contributed by atoms with Crippen LogP contribution in [0.3, 0.4) is 0 Å². The first kappa shape index (κ1) is 19.2. The number of para-hydroxylation sites is 1. The maximum absolute atomic E-state index is 12.3. The maximum Gasteiger partial charge on any atom is 0.248 e. The quantitative estimate of drug-likeness (QED) is 0.705. The topological polar surface area (TPSA) is 59.1 Å². The number of carbonyl (C=O) groups excluding carboxylic acids is 2. The van der Waals surface area contributed by atoms with E-state index in [2.05, 4.69) is 0 Å². The molecule has 1 aromatic rings. The summed E-state index contributed by atoms with van der Waals surface area (Å²) < 4.78 is 10.7. The van der Waals surface area contributed by atoms with Gasteiger partial charge in [-0.25, -0.2) is 0 Å². The molecule has 138 valence electrons. The lowest BCUT2D eigenvalue weighted by molar-refractivity contribution is -0.141. The Morgan fingerprint density at radius 2 is 1.56 bits per heavy atom. The van der Waals surface area contributed by atoms with Crippen molar-refractivity contribution < 1.29 is 19.1 Å². The first-order valence-electron chi connectivity index (χ1n) is 8.76. The number of piperazine rings is 1. The van der Waals surface area contributed by atoms with Gasteiger partial charge in [-0.1, -0.05) is 18.2 Å². The van der Waals surface area contributed by atoms with E-state index >= 15 is 0 Å². The van der Waals surface area contributed by atoms with Crippen LogP contribution in [0.5, 0.6) is 5.75 Å². The normalized spacial score (nSPS) is 14.5. The average molecular weight is 348 g/mol. The minimum atomic E-state index is -0.0170. The first-order chi connectivity index (χ1) is 12.0. The van der Waals surface area contributed by atoms with Crippen molar-refractivity contribution in [1.82, 2.24) is 9.80 Å². The third-order valence-corrected chi connectivity index (χ3v) is 4.44. The van der Waals surface area contributed by atoms with Gasteiger partial charge in [-0.2, -0.15) is 0 Å². The van der Waals surface area contributed by atoms with E-state index in [1.807, 2.05) is 36.9 Å². The molecule has 0 radical (unpaired) electrons. The van der Waals surface area contributed by atoms with Gasteiger partial charge in [0.15, 0.2) is 0 Å². The highest BCUT2D eigenvalue weighted by molar-refractivity contribution is 5.79. The molecule has 0 aliphatic carbocycles. The molecule has 1 saturated heterocycles. The van der Waals surface area contributed by atoms with Crippen LogP contribution >= 0.6 is 0 Å². The molecule has 1 fully saturated rings. The number of aryl methyl sites for hydroxylation is 2. The minimum Gasteiger partial charge on any atom is -0.493 e. The van der Waals surface area contributed by atoms with Crippen LogP contribution in [0.2, 0.25) is 0 Å². The molecule has 0 N–H and O–H groups in total. The third-order valence-electron chi connectivity index (χ3n) is 4.44. The summed E-state index contributed by atoms with van der Waals surface area (Å²) in [4.78, 5) is 27.6. The van der Waals surface area contributed by atoms with Crippen molar-refractivity contribution in [2.75, 3.05) is 46.5 Å². The van der Waals surface area contributed by atoms with E-state index in [1.54, 1.807) is 4.90 Å². The zero-order chi connectivity index (χ0) is 18.2. The monoisotopic (exact) mass is 348 g/mol. The lowest BCUT2D eigenvalue weighted by atomic mass is 10.1. The van der Waals surface area contributed by atoms with E-state index in [0.717, 1.165) is 16.9 Å². The number of rotatable bonds is 7.